The predicted molar refractivity (Wildman–Crippen MR) is 88.1 cm³/mol. The fourth-order valence-electron chi connectivity index (χ4n) is 2.68. The third-order valence-corrected chi connectivity index (χ3v) is 5.38. The molecule has 1 radical (unpaired) electrons. The second-order valence-electron chi connectivity index (χ2n) is 5.59. The van der Waals surface area contributed by atoms with Crippen molar-refractivity contribution in [2.45, 2.75) is 34.6 Å². The second-order valence-corrected chi connectivity index (χ2v) is 7.07. The molecule has 0 N–H and O–H groups in total. The van der Waals surface area contributed by atoms with Gasteiger partial charge < -0.3 is 0 Å². The maximum Gasteiger partial charge on any atom is 0.247 e. The monoisotopic (exact) mass is 299 g/mol. The standard InChI is InChI=1S/C18H20O2P/c1-11-9-13(3)17(14(4)10-11)18(19)21(20)16-8-6-7-12(2)15(16)5/h6-10H,1-5H3. The molecule has 0 saturated heterocycles. The highest BCUT2D eigenvalue weighted by Crippen LogP contribution is 2.31. The molecule has 2 rings (SSSR count). The molecule has 2 aromatic rings. The zero-order valence-corrected chi connectivity index (χ0v) is 14.0. The third kappa shape index (κ3) is 2.96. The lowest BCUT2D eigenvalue weighted by Crippen LogP contribution is -2.11. The molecule has 0 amide bonds. The highest BCUT2D eigenvalue weighted by atomic mass is 31.1. The number of carbonyl (C=O) groups is 1. The minimum absolute atomic E-state index is 0.270. The van der Waals surface area contributed by atoms with Gasteiger partial charge in [0.15, 0.2) is 7.80 Å². The summed E-state index contributed by atoms with van der Waals surface area (Å²) >= 11 is 0. The van der Waals surface area contributed by atoms with E-state index in [1.807, 2.05) is 58.9 Å². The van der Waals surface area contributed by atoms with E-state index in [0.717, 1.165) is 27.8 Å². The SMILES string of the molecule is Cc1cc(C)c(C(=O)[P](=O)c2cccc(C)c2C)c(C)c1. The van der Waals surface area contributed by atoms with E-state index < -0.39 is 7.80 Å². The Bertz CT molecular complexity index is 722. The molecule has 0 aliphatic heterocycles. The first-order chi connectivity index (χ1) is 9.82. The largest absolute Gasteiger partial charge is 0.281 e. The number of hydrogen-bond acceptors (Lipinski definition) is 2. The molecular weight excluding hydrogens is 279 g/mol. The Morgan fingerprint density at radius 2 is 1.48 bits per heavy atom. The molecule has 0 bridgehead atoms. The molecule has 21 heavy (non-hydrogen) atoms. The van der Waals surface area contributed by atoms with Crippen molar-refractivity contribution in [3.63, 3.8) is 0 Å². The number of carbonyl (C=O) groups excluding carboxylic acids is 1. The molecule has 3 heteroatoms. The summed E-state index contributed by atoms with van der Waals surface area (Å²) in [5, 5.41) is 0.648. The molecule has 1 unspecified atom stereocenters. The van der Waals surface area contributed by atoms with Crippen molar-refractivity contribution < 1.29 is 9.36 Å². The fraction of sp³-hybridized carbons (Fsp3) is 0.278. The minimum atomic E-state index is -2.08. The van der Waals surface area contributed by atoms with Crippen LogP contribution in [0.25, 0.3) is 0 Å². The highest BCUT2D eigenvalue weighted by molar-refractivity contribution is 7.71. The Morgan fingerprint density at radius 3 is 2.05 bits per heavy atom. The van der Waals surface area contributed by atoms with Crippen LogP contribution in [0, 0.1) is 34.6 Å². The maximum absolute atomic E-state index is 12.7. The van der Waals surface area contributed by atoms with Gasteiger partial charge in [-0.05, 0) is 62.9 Å². The van der Waals surface area contributed by atoms with Gasteiger partial charge in [-0.15, -0.1) is 0 Å². The van der Waals surface area contributed by atoms with E-state index in [9.17, 15) is 9.36 Å². The fourth-order valence-corrected chi connectivity index (χ4v) is 4.16. The minimum Gasteiger partial charge on any atom is -0.281 e. The molecule has 0 fully saturated rings. The predicted octanol–water partition coefficient (Wildman–Crippen LogP) is 4.52. The summed E-state index contributed by atoms with van der Waals surface area (Å²) < 4.78 is 12.7. The molecule has 2 aromatic carbocycles. The van der Waals surface area contributed by atoms with Crippen LogP contribution < -0.4 is 5.30 Å². The summed E-state index contributed by atoms with van der Waals surface area (Å²) in [5.74, 6) is 0. The van der Waals surface area contributed by atoms with Gasteiger partial charge in [0.05, 0.1) is 0 Å². The average molecular weight is 299 g/mol. The van der Waals surface area contributed by atoms with Crippen molar-refractivity contribution in [3.8, 4) is 0 Å². The Labute approximate surface area is 127 Å². The maximum atomic E-state index is 12.7. The lowest BCUT2D eigenvalue weighted by Gasteiger charge is -2.11. The van der Waals surface area contributed by atoms with Crippen LogP contribution >= 0.6 is 7.80 Å². The zero-order valence-electron chi connectivity index (χ0n) is 13.2. The summed E-state index contributed by atoms with van der Waals surface area (Å²) in [6.45, 7) is 9.69. The summed E-state index contributed by atoms with van der Waals surface area (Å²) in [5.41, 5.74) is 5.23. The Kier molecular flexibility index (Phi) is 4.39. The third-order valence-electron chi connectivity index (χ3n) is 3.87. The lowest BCUT2D eigenvalue weighted by molar-refractivity contribution is 0.107. The molecule has 0 saturated carbocycles. The van der Waals surface area contributed by atoms with Gasteiger partial charge in [-0.3, -0.25) is 9.36 Å². The first kappa shape index (κ1) is 15.6. The van der Waals surface area contributed by atoms with Crippen LogP contribution in [0.4, 0.5) is 0 Å². The average Bonchev–Trinajstić information content (AvgIpc) is 2.39. The van der Waals surface area contributed by atoms with Gasteiger partial charge in [0.2, 0.25) is 5.52 Å². The first-order valence-electron chi connectivity index (χ1n) is 6.98. The van der Waals surface area contributed by atoms with Gasteiger partial charge in [0, 0.05) is 10.9 Å². The van der Waals surface area contributed by atoms with E-state index in [-0.39, 0.29) is 5.52 Å². The molecule has 109 valence electrons. The Morgan fingerprint density at radius 1 is 0.905 bits per heavy atom. The molecule has 0 heterocycles. The van der Waals surface area contributed by atoms with Crippen molar-refractivity contribution >= 4 is 18.6 Å². The van der Waals surface area contributed by atoms with Crippen LogP contribution in [0.1, 0.15) is 38.2 Å². The van der Waals surface area contributed by atoms with Gasteiger partial charge in [-0.2, -0.15) is 0 Å². The van der Waals surface area contributed by atoms with Crippen LogP contribution in [-0.2, 0) is 4.57 Å². The molecule has 1 atom stereocenters. The van der Waals surface area contributed by atoms with E-state index in [2.05, 4.69) is 0 Å². The molecule has 0 spiro atoms. The molecule has 0 aromatic heterocycles. The van der Waals surface area contributed by atoms with Crippen LogP contribution in [0.3, 0.4) is 0 Å². The van der Waals surface area contributed by atoms with Crippen LogP contribution in [0.15, 0.2) is 30.3 Å². The summed E-state index contributed by atoms with van der Waals surface area (Å²) in [7, 11) is -2.08. The van der Waals surface area contributed by atoms with Crippen molar-refractivity contribution in [1.29, 1.82) is 0 Å². The number of hydrogen-bond donors (Lipinski definition) is 0. The highest BCUT2D eigenvalue weighted by Gasteiger charge is 2.23. The molecule has 2 nitrogen and oxygen atoms in total. The quantitative estimate of drug-likeness (QED) is 0.781. The van der Waals surface area contributed by atoms with Crippen molar-refractivity contribution in [1.82, 2.24) is 0 Å². The van der Waals surface area contributed by atoms with Gasteiger partial charge >= 0.3 is 0 Å². The number of benzene rings is 2. The normalized spacial score (nSPS) is 11.4. The summed E-state index contributed by atoms with van der Waals surface area (Å²) in [4.78, 5) is 12.7. The topological polar surface area (TPSA) is 34.1 Å². The lowest BCUT2D eigenvalue weighted by atomic mass is 10.0. The van der Waals surface area contributed by atoms with Crippen LogP contribution in [-0.4, -0.2) is 5.52 Å². The molecule has 0 aliphatic rings. The summed E-state index contributed by atoms with van der Waals surface area (Å²) in [6.07, 6.45) is 0. The van der Waals surface area contributed by atoms with Gasteiger partial charge in [0.1, 0.15) is 0 Å². The van der Waals surface area contributed by atoms with E-state index in [1.165, 1.54) is 0 Å². The van der Waals surface area contributed by atoms with Crippen molar-refractivity contribution in [2.75, 3.05) is 0 Å². The van der Waals surface area contributed by atoms with E-state index in [0.29, 0.717) is 10.9 Å². The van der Waals surface area contributed by atoms with E-state index in [1.54, 1.807) is 6.07 Å². The number of aryl methyl sites for hydroxylation is 4. The zero-order chi connectivity index (χ0) is 15.7. The van der Waals surface area contributed by atoms with Gasteiger partial charge in [-0.25, -0.2) is 0 Å². The molecule has 0 aliphatic carbocycles. The van der Waals surface area contributed by atoms with Crippen molar-refractivity contribution in [2.24, 2.45) is 0 Å². The van der Waals surface area contributed by atoms with Gasteiger partial charge in [-0.1, -0.05) is 29.8 Å². The van der Waals surface area contributed by atoms with E-state index >= 15 is 0 Å². The van der Waals surface area contributed by atoms with Crippen LogP contribution in [0.5, 0.6) is 0 Å². The van der Waals surface area contributed by atoms with E-state index in [4.69, 9.17) is 0 Å². The first-order valence-corrected chi connectivity index (χ1v) is 8.24. The summed E-state index contributed by atoms with van der Waals surface area (Å²) in [6, 6.07) is 9.54. The second kappa shape index (κ2) is 5.91. The molecular formula is C18H20O2P. The van der Waals surface area contributed by atoms with Gasteiger partial charge in [0.25, 0.3) is 0 Å². The Hall–Kier alpha value is -1.79. The Balaban J connectivity index is 2.50. The van der Waals surface area contributed by atoms with Crippen LogP contribution in [0.2, 0.25) is 0 Å². The number of rotatable bonds is 3. The van der Waals surface area contributed by atoms with Crippen molar-refractivity contribution in [3.05, 3.63) is 63.7 Å². The smallest absolute Gasteiger partial charge is 0.247 e.